The summed E-state index contributed by atoms with van der Waals surface area (Å²) in [5, 5.41) is 7.00. The van der Waals surface area contributed by atoms with Gasteiger partial charge in [0.05, 0.1) is 0 Å². The van der Waals surface area contributed by atoms with Crippen molar-refractivity contribution in [3.63, 3.8) is 0 Å². The highest BCUT2D eigenvalue weighted by molar-refractivity contribution is 5.27. The van der Waals surface area contributed by atoms with E-state index in [-0.39, 0.29) is 0 Å². The smallest absolute Gasteiger partial charge is 0.0319 e. The van der Waals surface area contributed by atoms with E-state index >= 15 is 0 Å². The predicted octanol–water partition coefficient (Wildman–Crippen LogP) is 3.54. The zero-order valence-electron chi connectivity index (χ0n) is 9.91. The molecule has 0 spiro atoms. The van der Waals surface area contributed by atoms with Crippen LogP contribution in [-0.2, 0) is 0 Å². The van der Waals surface area contributed by atoms with E-state index in [2.05, 4.69) is 52.0 Å². The second-order valence-electron chi connectivity index (χ2n) is 3.98. The van der Waals surface area contributed by atoms with Crippen molar-refractivity contribution in [3.05, 3.63) is 35.4 Å². The van der Waals surface area contributed by atoms with Gasteiger partial charge in [0.1, 0.15) is 0 Å². The molecule has 0 radical (unpaired) electrons. The maximum absolute atomic E-state index is 7.00. The highest BCUT2D eigenvalue weighted by Crippen LogP contribution is 2.20. The van der Waals surface area contributed by atoms with Crippen molar-refractivity contribution in [2.24, 2.45) is 0 Å². The summed E-state index contributed by atoms with van der Waals surface area (Å²) in [7, 11) is 1.00. The summed E-state index contributed by atoms with van der Waals surface area (Å²) in [6.07, 6.45) is 0. The van der Waals surface area contributed by atoms with E-state index in [0.29, 0.717) is 11.8 Å². The fourth-order valence-corrected chi connectivity index (χ4v) is 1.28. The highest BCUT2D eigenvalue weighted by atomic mass is 16.2. The van der Waals surface area contributed by atoms with Gasteiger partial charge in [0.15, 0.2) is 0 Å². The molecule has 1 nitrogen and oxygen atoms in total. The molecule has 1 heteroatoms. The van der Waals surface area contributed by atoms with Gasteiger partial charge in [0, 0.05) is 7.11 Å². The third kappa shape index (κ3) is 3.93. The molecular formula is C13H22O. The van der Waals surface area contributed by atoms with Crippen molar-refractivity contribution in [1.82, 2.24) is 0 Å². The van der Waals surface area contributed by atoms with Crippen LogP contribution in [0.5, 0.6) is 0 Å². The Labute approximate surface area is 87.8 Å². The summed E-state index contributed by atoms with van der Waals surface area (Å²) >= 11 is 0. The molecule has 0 bridgehead atoms. The van der Waals surface area contributed by atoms with Gasteiger partial charge in [-0.2, -0.15) is 0 Å². The van der Waals surface area contributed by atoms with Gasteiger partial charge in [-0.1, -0.05) is 52.0 Å². The Morgan fingerprint density at radius 1 is 0.857 bits per heavy atom. The van der Waals surface area contributed by atoms with Crippen LogP contribution in [0.2, 0.25) is 0 Å². The lowest BCUT2D eigenvalue weighted by atomic mass is 9.96. The number of aliphatic hydroxyl groups is 1. The Bertz CT molecular complexity index is 228. The van der Waals surface area contributed by atoms with Crippen LogP contribution in [0.1, 0.15) is 50.7 Å². The molecule has 0 saturated carbocycles. The minimum absolute atomic E-state index is 0.642. The average Bonchev–Trinajstić information content (AvgIpc) is 2.21. The van der Waals surface area contributed by atoms with E-state index in [9.17, 15) is 0 Å². The summed E-state index contributed by atoms with van der Waals surface area (Å²) in [5.74, 6) is 1.28. The topological polar surface area (TPSA) is 20.2 Å². The molecule has 1 N–H and O–H groups in total. The molecular weight excluding hydrogens is 172 g/mol. The first kappa shape index (κ1) is 13.2. The summed E-state index contributed by atoms with van der Waals surface area (Å²) in [5.41, 5.74) is 2.89. The first-order valence-electron chi connectivity index (χ1n) is 5.16. The quantitative estimate of drug-likeness (QED) is 0.763. The standard InChI is InChI=1S/C12H18.CH4O/c1-9(2)11-6-5-7-12(8-11)10(3)4;1-2/h5-10H,1-4H3;2H,1H3. The zero-order chi connectivity index (χ0) is 11.1. The second kappa shape index (κ2) is 6.61. The molecule has 0 fully saturated rings. The molecule has 0 saturated heterocycles. The van der Waals surface area contributed by atoms with Crippen LogP contribution in [0.15, 0.2) is 24.3 Å². The molecule has 1 aromatic rings. The van der Waals surface area contributed by atoms with Gasteiger partial charge in [0.25, 0.3) is 0 Å². The largest absolute Gasteiger partial charge is 0.400 e. The Morgan fingerprint density at radius 2 is 1.21 bits per heavy atom. The number of rotatable bonds is 2. The summed E-state index contributed by atoms with van der Waals surface area (Å²) in [4.78, 5) is 0. The molecule has 14 heavy (non-hydrogen) atoms. The average molecular weight is 194 g/mol. The van der Waals surface area contributed by atoms with E-state index in [1.165, 1.54) is 11.1 Å². The van der Waals surface area contributed by atoms with Crippen LogP contribution in [0.4, 0.5) is 0 Å². The third-order valence-electron chi connectivity index (χ3n) is 2.24. The highest BCUT2D eigenvalue weighted by Gasteiger charge is 2.02. The van der Waals surface area contributed by atoms with Crippen molar-refractivity contribution in [1.29, 1.82) is 0 Å². The lowest BCUT2D eigenvalue weighted by molar-refractivity contribution is 0.399. The number of hydrogen-bond acceptors (Lipinski definition) is 1. The lowest BCUT2D eigenvalue weighted by Gasteiger charge is -2.09. The van der Waals surface area contributed by atoms with Crippen molar-refractivity contribution in [2.45, 2.75) is 39.5 Å². The Hall–Kier alpha value is -0.820. The van der Waals surface area contributed by atoms with Crippen LogP contribution in [0.25, 0.3) is 0 Å². The maximum Gasteiger partial charge on any atom is 0.0319 e. The second-order valence-corrected chi connectivity index (χ2v) is 3.98. The molecule has 1 aromatic carbocycles. The molecule has 0 amide bonds. The first-order valence-corrected chi connectivity index (χ1v) is 5.16. The zero-order valence-corrected chi connectivity index (χ0v) is 9.91. The minimum atomic E-state index is 0.642. The van der Waals surface area contributed by atoms with Gasteiger partial charge < -0.3 is 5.11 Å². The van der Waals surface area contributed by atoms with Crippen LogP contribution in [-0.4, -0.2) is 12.2 Å². The van der Waals surface area contributed by atoms with Gasteiger partial charge in [0.2, 0.25) is 0 Å². The van der Waals surface area contributed by atoms with Gasteiger partial charge in [-0.05, 0) is 23.0 Å². The number of hydrogen-bond donors (Lipinski definition) is 1. The Kier molecular flexibility index (Phi) is 6.22. The van der Waals surface area contributed by atoms with Crippen LogP contribution in [0, 0.1) is 0 Å². The van der Waals surface area contributed by atoms with E-state index in [4.69, 9.17) is 5.11 Å². The fourth-order valence-electron chi connectivity index (χ4n) is 1.28. The molecule has 0 unspecified atom stereocenters. The summed E-state index contributed by atoms with van der Waals surface area (Å²) in [6.45, 7) is 8.94. The van der Waals surface area contributed by atoms with Gasteiger partial charge in [-0.3, -0.25) is 0 Å². The van der Waals surface area contributed by atoms with Crippen molar-refractivity contribution in [2.75, 3.05) is 7.11 Å². The van der Waals surface area contributed by atoms with E-state index in [1.807, 2.05) is 0 Å². The molecule has 0 heterocycles. The Morgan fingerprint density at radius 3 is 1.50 bits per heavy atom. The Balaban J connectivity index is 0.000000791. The molecule has 0 aliphatic carbocycles. The normalized spacial score (nSPS) is 10.0. The third-order valence-corrected chi connectivity index (χ3v) is 2.24. The van der Waals surface area contributed by atoms with Crippen molar-refractivity contribution >= 4 is 0 Å². The monoisotopic (exact) mass is 194 g/mol. The van der Waals surface area contributed by atoms with Crippen LogP contribution in [0.3, 0.4) is 0 Å². The fraction of sp³-hybridized carbons (Fsp3) is 0.538. The summed E-state index contributed by atoms with van der Waals surface area (Å²) in [6, 6.07) is 8.88. The van der Waals surface area contributed by atoms with Crippen LogP contribution < -0.4 is 0 Å². The van der Waals surface area contributed by atoms with Crippen molar-refractivity contribution in [3.8, 4) is 0 Å². The number of aliphatic hydroxyl groups excluding tert-OH is 1. The molecule has 80 valence electrons. The van der Waals surface area contributed by atoms with E-state index in [0.717, 1.165) is 7.11 Å². The molecule has 0 aliphatic rings. The molecule has 1 rings (SSSR count). The minimum Gasteiger partial charge on any atom is -0.400 e. The first-order chi connectivity index (χ1) is 6.61. The van der Waals surface area contributed by atoms with Crippen LogP contribution >= 0.6 is 0 Å². The van der Waals surface area contributed by atoms with Gasteiger partial charge in [-0.15, -0.1) is 0 Å². The molecule has 0 aromatic heterocycles. The van der Waals surface area contributed by atoms with E-state index in [1.54, 1.807) is 0 Å². The van der Waals surface area contributed by atoms with E-state index < -0.39 is 0 Å². The maximum atomic E-state index is 7.00. The molecule has 0 aliphatic heterocycles. The predicted molar refractivity (Wildman–Crippen MR) is 62.8 cm³/mol. The van der Waals surface area contributed by atoms with Gasteiger partial charge >= 0.3 is 0 Å². The van der Waals surface area contributed by atoms with Crippen molar-refractivity contribution < 1.29 is 5.11 Å². The molecule has 0 atom stereocenters. The SMILES string of the molecule is CC(C)c1cccc(C(C)C)c1.CO. The van der Waals surface area contributed by atoms with Gasteiger partial charge in [-0.25, -0.2) is 0 Å². The summed E-state index contributed by atoms with van der Waals surface area (Å²) < 4.78 is 0. The lowest BCUT2D eigenvalue weighted by Crippen LogP contribution is -1.91. The number of benzene rings is 1.